The molecule has 3 fully saturated rings. The molecular weight excluding hydrogens is 1480 g/mol. The Morgan fingerprint density at radius 2 is 1.41 bits per heavy atom. The number of aromatic nitrogens is 6. The minimum Gasteiger partial charge on any atom is -0.441 e. The lowest BCUT2D eigenvalue weighted by Crippen LogP contribution is -2.65. The Bertz CT molecular complexity index is 3650. The second-order valence-corrected chi connectivity index (χ2v) is 27.1. The largest absolute Gasteiger partial charge is 0.441 e. The van der Waals surface area contributed by atoms with Gasteiger partial charge in [-0.1, -0.05) is 0 Å². The molecule has 0 aromatic carbocycles. The molecule has 8 amide bonds. The number of aromatic amines is 1. The van der Waals surface area contributed by atoms with Crippen molar-refractivity contribution in [2.45, 2.75) is 200 Å². The van der Waals surface area contributed by atoms with Crippen molar-refractivity contribution in [3.05, 3.63) is 56.8 Å². The molecule has 0 bridgehead atoms. The molecule has 46 nitrogen and oxygen atoms in total. The summed E-state index contributed by atoms with van der Waals surface area (Å²) in [6.07, 6.45) is -37.3. The summed E-state index contributed by atoms with van der Waals surface area (Å²) in [6, 6.07) is -9.68. The van der Waals surface area contributed by atoms with Gasteiger partial charge in [0.15, 0.2) is 37.3 Å². The average molecular weight is 1580 g/mol. The molecule has 3 aliphatic heterocycles. The minimum absolute atomic E-state index is 0.0474. The van der Waals surface area contributed by atoms with E-state index in [-0.39, 0.29) is 45.8 Å². The molecule has 0 saturated carbocycles. The van der Waals surface area contributed by atoms with Crippen LogP contribution in [0.3, 0.4) is 0 Å². The van der Waals surface area contributed by atoms with E-state index in [1.807, 2.05) is 0 Å². The number of anilines is 1. The first-order valence-electron chi connectivity index (χ1n) is 33.5. The first-order valence-corrected chi connectivity index (χ1v) is 35.2. The van der Waals surface area contributed by atoms with E-state index in [0.717, 1.165) is 49.0 Å². The van der Waals surface area contributed by atoms with Crippen molar-refractivity contribution in [3.63, 3.8) is 0 Å². The molecule has 25 atom stereocenters. The van der Waals surface area contributed by atoms with Crippen molar-refractivity contribution in [1.29, 1.82) is 0 Å². The van der Waals surface area contributed by atoms with Crippen LogP contribution < -0.4 is 71.6 Å². The van der Waals surface area contributed by atoms with Gasteiger partial charge in [-0.3, -0.25) is 33.6 Å². The van der Waals surface area contributed by atoms with Crippen LogP contribution in [-0.2, 0) is 57.1 Å². The fourth-order valence-electron chi connectivity index (χ4n) is 11.0. The Morgan fingerprint density at radius 3 is 2.05 bits per heavy atom. The van der Waals surface area contributed by atoms with E-state index < -0.39 is 250 Å². The summed E-state index contributed by atoms with van der Waals surface area (Å²) in [5.74, 6) is -8.36. The van der Waals surface area contributed by atoms with Gasteiger partial charge in [-0.05, 0) is 40.7 Å². The van der Waals surface area contributed by atoms with Crippen molar-refractivity contribution in [1.82, 2.24) is 67.1 Å². The topological polar surface area (TPSA) is 765 Å². The van der Waals surface area contributed by atoms with Crippen LogP contribution in [0.1, 0.15) is 101 Å². The van der Waals surface area contributed by atoms with Crippen LogP contribution in [0.5, 0.6) is 0 Å². The molecule has 7 rings (SSSR count). The summed E-state index contributed by atoms with van der Waals surface area (Å²) in [7, 11) is 0. The van der Waals surface area contributed by atoms with Gasteiger partial charge in [-0.2, -0.15) is 0 Å². The number of nitrogens with one attached hydrogen (secondary N) is 8. The second kappa shape index (κ2) is 40.1. The molecule has 25 unspecified atom stereocenters. The number of hydrogen-bond donors (Lipinski definition) is 26. The van der Waals surface area contributed by atoms with Gasteiger partial charge in [0, 0.05) is 42.4 Å². The third-order valence-corrected chi connectivity index (χ3v) is 19.1. The van der Waals surface area contributed by atoms with Crippen LogP contribution in [0.15, 0.2) is 23.3 Å². The third-order valence-electron chi connectivity index (χ3n) is 17.3. The standard InChI is InChI=1S/C60H93N19O27S2/c1-19-34(76-49(78-47(19)64)24(10-31(62)85)70-12-23(61)48(65)94)51(96)77-36(44(25-13-68-18-71-25)103-59-46(40(90)37(87)29(14-81)102-59)104-58-42(92)45(105-60(66)99)38(88)30(15-82)101-58)53(98)72-20(2)28(84)11-32(86)75-35(21(3)83)52(97)79-54(106-57-41(91)39(89)33(63)22(4)100-57)43(93)56-74-27(17-108-56)55-73-26(16-107-55)50(95)69-7-5-6-67-8-9-80/h13,16-18,20-24,28-30,33,35-46,54,57-59,67,70,80-84,87-93H,5-12,14-15,61,63H2,1-4H3,(H2,62,85)(H2,65,94)(H2,66,99)(H,68,71)(H,69,95)(H,72,98)(H,75,86)(H,77,96)(H,79,97)(H2,64,76,78). The minimum atomic E-state index is -2.26. The average Bonchev–Trinajstić information content (AvgIpc) is 0.868. The van der Waals surface area contributed by atoms with Crippen molar-refractivity contribution < 1.29 is 133 Å². The van der Waals surface area contributed by atoms with E-state index in [4.69, 9.17) is 72.7 Å². The number of rotatable bonds is 39. The van der Waals surface area contributed by atoms with Crippen LogP contribution in [0.2, 0.25) is 0 Å². The molecular formula is C60H93N19O27S2. The van der Waals surface area contributed by atoms with Gasteiger partial charge in [-0.15, -0.1) is 22.7 Å². The van der Waals surface area contributed by atoms with Gasteiger partial charge < -0.3 is 171 Å². The van der Waals surface area contributed by atoms with E-state index >= 15 is 4.79 Å². The van der Waals surface area contributed by atoms with Crippen molar-refractivity contribution in [3.8, 4) is 10.7 Å². The highest BCUT2D eigenvalue weighted by Gasteiger charge is 2.54. The summed E-state index contributed by atoms with van der Waals surface area (Å²) in [5, 5.41) is 152. The molecule has 108 heavy (non-hydrogen) atoms. The number of nitrogens with two attached hydrogens (primary N) is 6. The number of amides is 8. The maximum Gasteiger partial charge on any atom is 0.404 e. The first-order chi connectivity index (χ1) is 51.1. The van der Waals surface area contributed by atoms with E-state index in [2.05, 4.69) is 67.1 Å². The second-order valence-electron chi connectivity index (χ2n) is 25.3. The van der Waals surface area contributed by atoms with Crippen molar-refractivity contribution >= 4 is 75.9 Å². The number of hydrogen-bond acceptors (Lipinski definition) is 39. The number of carbonyl (C=O) groups is 8. The molecule has 4 aromatic rings. The summed E-state index contributed by atoms with van der Waals surface area (Å²) in [5.41, 5.74) is 33.4. The summed E-state index contributed by atoms with van der Waals surface area (Å²) >= 11 is 1.87. The molecule has 7 heterocycles. The number of imidazole rings is 1. The highest BCUT2D eigenvalue weighted by Crippen LogP contribution is 2.36. The Morgan fingerprint density at radius 1 is 0.722 bits per heavy atom. The molecule has 0 radical (unpaired) electrons. The van der Waals surface area contributed by atoms with Crippen LogP contribution >= 0.6 is 22.7 Å². The lowest BCUT2D eigenvalue weighted by atomic mass is 9.97. The molecule has 0 aliphatic carbocycles. The Kier molecular flexibility index (Phi) is 32.4. The molecule has 3 saturated heterocycles. The van der Waals surface area contributed by atoms with E-state index in [1.165, 1.54) is 24.6 Å². The van der Waals surface area contributed by atoms with Gasteiger partial charge in [0.2, 0.25) is 29.5 Å². The van der Waals surface area contributed by atoms with Gasteiger partial charge in [0.25, 0.3) is 11.8 Å². The molecule has 4 aromatic heterocycles. The zero-order chi connectivity index (χ0) is 79.7. The molecule has 3 aliphatic rings. The number of ether oxygens (including phenoxy) is 7. The van der Waals surface area contributed by atoms with Gasteiger partial charge in [0.05, 0.1) is 86.9 Å². The first kappa shape index (κ1) is 87.3. The van der Waals surface area contributed by atoms with Gasteiger partial charge in [-0.25, -0.2) is 29.7 Å². The van der Waals surface area contributed by atoms with E-state index in [1.54, 1.807) is 0 Å². The van der Waals surface area contributed by atoms with Crippen LogP contribution in [0, 0.1) is 6.92 Å². The molecule has 48 heteroatoms. The summed E-state index contributed by atoms with van der Waals surface area (Å²) in [4.78, 5) is 132. The van der Waals surface area contributed by atoms with Crippen LogP contribution in [0.25, 0.3) is 10.7 Å². The lowest BCUT2D eigenvalue weighted by molar-refractivity contribution is -0.372. The fraction of sp³-hybridized carbons (Fsp3) is 0.650. The zero-order valence-corrected chi connectivity index (χ0v) is 60.0. The van der Waals surface area contributed by atoms with E-state index in [0.29, 0.717) is 19.5 Å². The number of nitrogen functional groups attached to an aromatic ring is 1. The lowest BCUT2D eigenvalue weighted by Gasteiger charge is -2.47. The Balaban J connectivity index is 1.17. The smallest absolute Gasteiger partial charge is 0.404 e. The highest BCUT2D eigenvalue weighted by atomic mass is 32.1. The summed E-state index contributed by atoms with van der Waals surface area (Å²) < 4.78 is 40.4. The van der Waals surface area contributed by atoms with Crippen molar-refractivity contribution in [2.75, 3.05) is 51.7 Å². The van der Waals surface area contributed by atoms with Crippen LogP contribution in [-0.4, -0.2) is 319 Å². The third kappa shape index (κ3) is 22.6. The fourth-order valence-corrected chi connectivity index (χ4v) is 12.7. The maximum atomic E-state index is 15.3. The van der Waals surface area contributed by atoms with Crippen molar-refractivity contribution in [2.24, 2.45) is 28.7 Å². The summed E-state index contributed by atoms with van der Waals surface area (Å²) in [6.45, 7) is 3.60. The number of nitrogens with zero attached hydrogens (tertiary/aromatic N) is 5. The number of H-pyrrole nitrogens is 1. The number of aliphatic hydroxyl groups is 12. The van der Waals surface area contributed by atoms with E-state index in [9.17, 15) is 89.7 Å². The Labute approximate surface area is 621 Å². The molecule has 32 N–H and O–H groups in total. The van der Waals surface area contributed by atoms with Crippen LogP contribution in [0.4, 0.5) is 10.6 Å². The zero-order valence-electron chi connectivity index (χ0n) is 58.3. The predicted molar refractivity (Wildman–Crippen MR) is 366 cm³/mol. The number of carbonyl (C=O) groups excluding carboxylic acids is 8. The highest BCUT2D eigenvalue weighted by molar-refractivity contribution is 7.14. The van der Waals surface area contributed by atoms with Gasteiger partial charge in [0.1, 0.15) is 112 Å². The number of primary amides is 3. The SMILES string of the molecule is Cc1c(N)nc(C(CC(N)=O)NCC(N)C(N)=O)nc1C(=O)NC(C(=O)NC(C)C(O)CC(=O)NC(C(=O)NC(OC1OC(C)C(N)C(O)C1O)C(O)c1nc(-c2nc(C(=O)NCCCNCCO)cs2)cs1)C(C)O)C(OC1OC(CO)C(O)C(O)C1OC1OC(CO)C(O)C(OC(N)=O)C1O)c1cnc[nH]1. The Hall–Kier alpha value is -7.97. The number of thiazole rings is 2. The monoisotopic (exact) mass is 1580 g/mol. The predicted octanol–water partition coefficient (Wildman–Crippen LogP) is -11.6. The molecule has 602 valence electrons. The number of aliphatic hydroxyl groups excluding tert-OH is 12. The maximum absolute atomic E-state index is 15.3. The van der Waals surface area contributed by atoms with Gasteiger partial charge >= 0.3 is 6.09 Å². The normalized spacial score (nSPS) is 27.2. The quantitative estimate of drug-likeness (QED) is 0.0146. The molecule has 0 spiro atoms.